The molecule has 0 saturated carbocycles. The first-order valence-corrected chi connectivity index (χ1v) is 7.33. The summed E-state index contributed by atoms with van der Waals surface area (Å²) in [6.45, 7) is 8.61. The summed E-state index contributed by atoms with van der Waals surface area (Å²) in [7, 11) is 0. The molecule has 0 bridgehead atoms. The molecule has 0 radical (unpaired) electrons. The third-order valence-corrected chi connectivity index (χ3v) is 3.97. The normalized spacial score (nSPS) is 11.1. The molecular weight excluding hydrogens is 242 g/mol. The standard InChI is InChI=1S/C19H25N/c1-13-5-7-15(3)17(9-13)11-19(20)12-18-10-14(2)6-8-16(18)4/h5-10,19H,11-12,20H2,1-4H3. The lowest BCUT2D eigenvalue weighted by Gasteiger charge is -2.16. The molecule has 0 amide bonds. The molecule has 2 aromatic rings. The minimum atomic E-state index is 0.177. The van der Waals surface area contributed by atoms with E-state index in [-0.39, 0.29) is 6.04 Å². The van der Waals surface area contributed by atoms with Crippen LogP contribution in [0.15, 0.2) is 36.4 Å². The molecule has 0 heterocycles. The molecule has 20 heavy (non-hydrogen) atoms. The minimum Gasteiger partial charge on any atom is -0.327 e. The van der Waals surface area contributed by atoms with Gasteiger partial charge in [0.15, 0.2) is 0 Å². The summed E-state index contributed by atoms with van der Waals surface area (Å²) in [5.41, 5.74) is 14.4. The molecule has 0 atom stereocenters. The predicted octanol–water partition coefficient (Wildman–Crippen LogP) is 4.03. The topological polar surface area (TPSA) is 26.0 Å². The molecule has 1 nitrogen and oxygen atoms in total. The van der Waals surface area contributed by atoms with E-state index in [1.165, 1.54) is 33.4 Å². The van der Waals surface area contributed by atoms with Crippen LogP contribution in [0.5, 0.6) is 0 Å². The van der Waals surface area contributed by atoms with Crippen LogP contribution in [-0.4, -0.2) is 6.04 Å². The van der Waals surface area contributed by atoms with Crippen LogP contribution in [0.4, 0.5) is 0 Å². The van der Waals surface area contributed by atoms with Crippen LogP contribution in [0.3, 0.4) is 0 Å². The summed E-state index contributed by atoms with van der Waals surface area (Å²) in [4.78, 5) is 0. The van der Waals surface area contributed by atoms with Crippen LogP contribution in [0.2, 0.25) is 0 Å². The van der Waals surface area contributed by atoms with Crippen LogP contribution < -0.4 is 5.73 Å². The molecule has 2 rings (SSSR count). The van der Waals surface area contributed by atoms with Crippen molar-refractivity contribution in [1.29, 1.82) is 0 Å². The first-order valence-electron chi connectivity index (χ1n) is 7.33. The SMILES string of the molecule is Cc1ccc(C)c(CC(N)Cc2cc(C)ccc2C)c1. The molecule has 0 unspecified atom stereocenters. The van der Waals surface area contributed by atoms with E-state index >= 15 is 0 Å². The molecule has 0 aliphatic heterocycles. The van der Waals surface area contributed by atoms with Crippen LogP contribution in [-0.2, 0) is 12.8 Å². The molecule has 0 aliphatic carbocycles. The quantitative estimate of drug-likeness (QED) is 0.889. The maximum absolute atomic E-state index is 6.38. The summed E-state index contributed by atoms with van der Waals surface area (Å²) in [5, 5.41) is 0. The number of aryl methyl sites for hydroxylation is 4. The van der Waals surface area contributed by atoms with Crippen LogP contribution in [0, 0.1) is 27.7 Å². The van der Waals surface area contributed by atoms with Gasteiger partial charge in [-0.05, 0) is 62.8 Å². The monoisotopic (exact) mass is 267 g/mol. The van der Waals surface area contributed by atoms with E-state index in [0.717, 1.165) is 12.8 Å². The minimum absolute atomic E-state index is 0.177. The second-order valence-electron chi connectivity index (χ2n) is 6.03. The number of nitrogens with two attached hydrogens (primary N) is 1. The number of rotatable bonds is 4. The molecular formula is C19H25N. The van der Waals surface area contributed by atoms with Crippen molar-refractivity contribution < 1.29 is 0 Å². The highest BCUT2D eigenvalue weighted by Crippen LogP contribution is 2.16. The zero-order valence-corrected chi connectivity index (χ0v) is 13.0. The van der Waals surface area contributed by atoms with E-state index in [9.17, 15) is 0 Å². The zero-order valence-electron chi connectivity index (χ0n) is 13.0. The van der Waals surface area contributed by atoms with E-state index in [1.807, 2.05) is 0 Å². The average Bonchev–Trinajstić information content (AvgIpc) is 2.38. The van der Waals surface area contributed by atoms with E-state index in [4.69, 9.17) is 5.73 Å². The second-order valence-corrected chi connectivity index (χ2v) is 6.03. The Hall–Kier alpha value is -1.60. The fraction of sp³-hybridized carbons (Fsp3) is 0.368. The summed E-state index contributed by atoms with van der Waals surface area (Å²) in [6.07, 6.45) is 1.89. The lowest BCUT2D eigenvalue weighted by Crippen LogP contribution is -2.26. The second kappa shape index (κ2) is 6.23. The maximum Gasteiger partial charge on any atom is 0.0120 e. The fourth-order valence-corrected chi connectivity index (χ4v) is 2.68. The van der Waals surface area contributed by atoms with Crippen molar-refractivity contribution in [3.63, 3.8) is 0 Å². The lowest BCUT2D eigenvalue weighted by molar-refractivity contribution is 0.660. The van der Waals surface area contributed by atoms with E-state index < -0.39 is 0 Å². The summed E-state index contributed by atoms with van der Waals surface area (Å²) >= 11 is 0. The Bertz CT molecular complexity index is 545. The van der Waals surface area contributed by atoms with Crippen molar-refractivity contribution >= 4 is 0 Å². The Labute approximate surface area is 122 Å². The van der Waals surface area contributed by atoms with Gasteiger partial charge in [-0.25, -0.2) is 0 Å². The van der Waals surface area contributed by atoms with E-state index in [0.29, 0.717) is 0 Å². The largest absolute Gasteiger partial charge is 0.327 e. The van der Waals surface area contributed by atoms with Crippen LogP contribution in [0.1, 0.15) is 33.4 Å². The molecule has 2 N–H and O–H groups in total. The molecule has 0 aromatic heterocycles. The maximum atomic E-state index is 6.38. The Balaban J connectivity index is 2.10. The van der Waals surface area contributed by atoms with Crippen molar-refractivity contribution in [1.82, 2.24) is 0 Å². The van der Waals surface area contributed by atoms with Gasteiger partial charge >= 0.3 is 0 Å². The smallest absolute Gasteiger partial charge is 0.0120 e. The molecule has 106 valence electrons. The molecule has 0 spiro atoms. The van der Waals surface area contributed by atoms with Gasteiger partial charge in [0.1, 0.15) is 0 Å². The summed E-state index contributed by atoms with van der Waals surface area (Å²) in [6, 6.07) is 13.4. The van der Waals surface area contributed by atoms with Crippen molar-refractivity contribution in [2.75, 3.05) is 0 Å². The summed E-state index contributed by atoms with van der Waals surface area (Å²) < 4.78 is 0. The Morgan fingerprint density at radius 1 is 0.750 bits per heavy atom. The molecule has 0 aliphatic rings. The zero-order chi connectivity index (χ0) is 14.7. The molecule has 1 heteroatoms. The predicted molar refractivity (Wildman–Crippen MR) is 87.2 cm³/mol. The average molecular weight is 267 g/mol. The first-order chi connectivity index (χ1) is 9.45. The number of hydrogen-bond donors (Lipinski definition) is 1. The molecule has 2 aromatic carbocycles. The van der Waals surface area contributed by atoms with Crippen molar-refractivity contribution in [2.24, 2.45) is 5.73 Å². The van der Waals surface area contributed by atoms with Crippen molar-refractivity contribution in [3.8, 4) is 0 Å². The van der Waals surface area contributed by atoms with Crippen molar-refractivity contribution in [2.45, 2.75) is 46.6 Å². The van der Waals surface area contributed by atoms with E-state index in [2.05, 4.69) is 64.1 Å². The summed E-state index contributed by atoms with van der Waals surface area (Å²) in [5.74, 6) is 0. The third kappa shape index (κ3) is 3.71. The highest BCUT2D eigenvalue weighted by atomic mass is 14.6. The van der Waals surface area contributed by atoms with Gasteiger partial charge in [0.25, 0.3) is 0 Å². The third-order valence-electron chi connectivity index (χ3n) is 3.97. The van der Waals surface area contributed by atoms with Gasteiger partial charge in [0.2, 0.25) is 0 Å². The van der Waals surface area contributed by atoms with Gasteiger partial charge in [0, 0.05) is 6.04 Å². The van der Waals surface area contributed by atoms with Gasteiger partial charge in [-0.2, -0.15) is 0 Å². The van der Waals surface area contributed by atoms with Crippen LogP contribution in [0.25, 0.3) is 0 Å². The van der Waals surface area contributed by atoms with Gasteiger partial charge < -0.3 is 5.73 Å². The Morgan fingerprint density at radius 2 is 1.15 bits per heavy atom. The van der Waals surface area contributed by atoms with Crippen molar-refractivity contribution in [3.05, 3.63) is 69.8 Å². The molecule has 0 saturated heterocycles. The highest BCUT2D eigenvalue weighted by molar-refractivity contribution is 5.33. The first kappa shape index (κ1) is 14.8. The Morgan fingerprint density at radius 3 is 1.55 bits per heavy atom. The molecule has 0 fully saturated rings. The fourth-order valence-electron chi connectivity index (χ4n) is 2.68. The number of benzene rings is 2. The number of hydrogen-bond acceptors (Lipinski definition) is 1. The van der Waals surface area contributed by atoms with E-state index in [1.54, 1.807) is 0 Å². The van der Waals surface area contributed by atoms with Gasteiger partial charge in [-0.3, -0.25) is 0 Å². The van der Waals surface area contributed by atoms with Crippen LogP contribution >= 0.6 is 0 Å². The Kier molecular flexibility index (Phi) is 4.61. The van der Waals surface area contributed by atoms with Gasteiger partial charge in [0.05, 0.1) is 0 Å². The van der Waals surface area contributed by atoms with Gasteiger partial charge in [-0.1, -0.05) is 47.5 Å². The lowest BCUT2D eigenvalue weighted by atomic mass is 9.93. The van der Waals surface area contributed by atoms with Gasteiger partial charge in [-0.15, -0.1) is 0 Å². The highest BCUT2D eigenvalue weighted by Gasteiger charge is 2.09.